The molecule has 1 heterocycles. The van der Waals surface area contributed by atoms with Crippen molar-refractivity contribution in [2.45, 2.75) is 25.3 Å². The van der Waals surface area contributed by atoms with E-state index in [2.05, 4.69) is 10.2 Å². The van der Waals surface area contributed by atoms with E-state index in [1.54, 1.807) is 12.1 Å². The molecule has 1 amide bonds. The van der Waals surface area contributed by atoms with Gasteiger partial charge in [-0.2, -0.15) is 0 Å². The number of benzene rings is 2. The van der Waals surface area contributed by atoms with Crippen LogP contribution in [0.15, 0.2) is 42.5 Å². The first kappa shape index (κ1) is 21.6. The van der Waals surface area contributed by atoms with Crippen LogP contribution in [0, 0.1) is 0 Å². The predicted octanol–water partition coefficient (Wildman–Crippen LogP) is 3.39. The van der Waals surface area contributed by atoms with Gasteiger partial charge in [0.25, 0.3) is 0 Å². The van der Waals surface area contributed by atoms with Gasteiger partial charge in [-0.05, 0) is 19.4 Å². The zero-order valence-electron chi connectivity index (χ0n) is 17.6. The minimum Gasteiger partial charge on any atom is -0.493 e. The Labute approximate surface area is 176 Å². The fourth-order valence-electron chi connectivity index (χ4n) is 3.83. The van der Waals surface area contributed by atoms with Crippen LogP contribution >= 0.6 is 0 Å². The molecule has 0 unspecified atom stereocenters. The monoisotopic (exact) mass is 412 g/mol. The Hall–Kier alpha value is -3.06. The van der Waals surface area contributed by atoms with E-state index in [1.807, 2.05) is 30.3 Å². The zero-order valence-corrected chi connectivity index (χ0v) is 17.6. The SMILES string of the molecule is COc1cc(NC(=O)CN2CCC[C@H]2CC(=O)c2ccccc2)cc(OC)c1OC. The molecule has 7 nitrogen and oxygen atoms in total. The van der Waals surface area contributed by atoms with Crippen molar-refractivity contribution in [3.05, 3.63) is 48.0 Å². The van der Waals surface area contributed by atoms with Gasteiger partial charge in [-0.25, -0.2) is 0 Å². The van der Waals surface area contributed by atoms with Gasteiger partial charge >= 0.3 is 0 Å². The van der Waals surface area contributed by atoms with E-state index < -0.39 is 0 Å². The number of rotatable bonds is 9. The number of anilines is 1. The van der Waals surface area contributed by atoms with Crippen LogP contribution in [0.4, 0.5) is 5.69 Å². The third-order valence-corrected chi connectivity index (χ3v) is 5.31. The lowest BCUT2D eigenvalue weighted by molar-refractivity contribution is -0.117. The molecule has 160 valence electrons. The Morgan fingerprint density at radius 2 is 1.70 bits per heavy atom. The number of ether oxygens (including phenoxy) is 3. The Balaban J connectivity index is 1.63. The number of nitrogens with zero attached hydrogens (tertiary/aromatic N) is 1. The summed E-state index contributed by atoms with van der Waals surface area (Å²) in [6.45, 7) is 1.03. The van der Waals surface area contributed by atoms with Gasteiger partial charge in [-0.1, -0.05) is 30.3 Å². The Morgan fingerprint density at radius 3 is 2.30 bits per heavy atom. The summed E-state index contributed by atoms with van der Waals surface area (Å²) >= 11 is 0. The number of likely N-dealkylation sites (tertiary alicyclic amines) is 1. The van der Waals surface area contributed by atoms with Crippen molar-refractivity contribution >= 4 is 17.4 Å². The van der Waals surface area contributed by atoms with Crippen molar-refractivity contribution in [2.75, 3.05) is 39.7 Å². The maximum atomic E-state index is 12.7. The molecular weight excluding hydrogens is 384 g/mol. The molecule has 1 aliphatic rings. The van der Waals surface area contributed by atoms with Crippen LogP contribution in [0.1, 0.15) is 29.6 Å². The van der Waals surface area contributed by atoms with Crippen LogP contribution in [0.2, 0.25) is 0 Å². The van der Waals surface area contributed by atoms with E-state index in [-0.39, 0.29) is 24.3 Å². The van der Waals surface area contributed by atoms with E-state index >= 15 is 0 Å². The van der Waals surface area contributed by atoms with Crippen molar-refractivity contribution in [3.63, 3.8) is 0 Å². The summed E-state index contributed by atoms with van der Waals surface area (Å²) in [6, 6.07) is 12.8. The molecule has 1 saturated heterocycles. The highest BCUT2D eigenvalue weighted by atomic mass is 16.5. The number of methoxy groups -OCH3 is 3. The van der Waals surface area contributed by atoms with Crippen LogP contribution in [0.5, 0.6) is 17.2 Å². The van der Waals surface area contributed by atoms with E-state index in [0.29, 0.717) is 34.9 Å². The highest BCUT2D eigenvalue weighted by molar-refractivity contribution is 5.96. The third kappa shape index (κ3) is 5.10. The van der Waals surface area contributed by atoms with Gasteiger partial charge in [0.1, 0.15) is 0 Å². The predicted molar refractivity (Wildman–Crippen MR) is 115 cm³/mol. The minimum atomic E-state index is -0.150. The number of hydrogen-bond donors (Lipinski definition) is 1. The molecule has 0 bridgehead atoms. The second-order valence-corrected chi connectivity index (χ2v) is 7.22. The standard InChI is InChI=1S/C23H28N2O5/c1-28-20-12-17(13-21(29-2)23(20)30-3)24-22(27)15-25-11-7-10-18(25)14-19(26)16-8-5-4-6-9-16/h4-6,8-9,12-13,18H,7,10-11,14-15H2,1-3H3,(H,24,27)/t18-/m0/s1. The number of carbonyl (C=O) groups excluding carboxylic acids is 2. The van der Waals surface area contributed by atoms with Crippen molar-refractivity contribution in [3.8, 4) is 17.2 Å². The topological polar surface area (TPSA) is 77.1 Å². The summed E-state index contributed by atoms with van der Waals surface area (Å²) < 4.78 is 16.0. The molecule has 0 aromatic heterocycles. The molecule has 7 heteroatoms. The highest BCUT2D eigenvalue weighted by Crippen LogP contribution is 2.39. The number of amides is 1. The fourth-order valence-corrected chi connectivity index (χ4v) is 3.83. The first-order valence-electron chi connectivity index (χ1n) is 9.98. The fraction of sp³-hybridized carbons (Fsp3) is 0.391. The Morgan fingerprint density at radius 1 is 1.03 bits per heavy atom. The molecule has 3 rings (SSSR count). The van der Waals surface area contributed by atoms with Crippen LogP contribution in [-0.2, 0) is 4.79 Å². The van der Waals surface area contributed by atoms with Gasteiger partial charge in [0, 0.05) is 35.8 Å². The molecule has 1 N–H and O–H groups in total. The second-order valence-electron chi connectivity index (χ2n) is 7.22. The van der Waals surface area contributed by atoms with Crippen LogP contribution in [-0.4, -0.2) is 57.1 Å². The van der Waals surface area contributed by atoms with E-state index in [1.165, 1.54) is 21.3 Å². The summed E-state index contributed by atoms with van der Waals surface area (Å²) in [5.74, 6) is 1.37. The highest BCUT2D eigenvalue weighted by Gasteiger charge is 2.28. The average molecular weight is 412 g/mol. The van der Waals surface area contributed by atoms with Crippen LogP contribution < -0.4 is 19.5 Å². The maximum Gasteiger partial charge on any atom is 0.238 e. The molecule has 1 atom stereocenters. The van der Waals surface area contributed by atoms with Gasteiger partial charge < -0.3 is 19.5 Å². The van der Waals surface area contributed by atoms with Gasteiger partial charge in [0.05, 0.1) is 27.9 Å². The molecule has 0 radical (unpaired) electrons. The van der Waals surface area contributed by atoms with Gasteiger partial charge in [-0.3, -0.25) is 14.5 Å². The van der Waals surface area contributed by atoms with Gasteiger partial charge in [0.2, 0.25) is 11.7 Å². The quantitative estimate of drug-likeness (QED) is 0.636. The molecule has 1 fully saturated rings. The molecule has 2 aromatic carbocycles. The number of nitrogens with one attached hydrogen (secondary N) is 1. The van der Waals surface area contributed by atoms with E-state index in [0.717, 1.165) is 19.4 Å². The first-order valence-corrected chi connectivity index (χ1v) is 9.98. The van der Waals surface area contributed by atoms with Crippen molar-refractivity contribution < 1.29 is 23.8 Å². The third-order valence-electron chi connectivity index (χ3n) is 5.31. The average Bonchev–Trinajstić information content (AvgIpc) is 3.19. The lowest BCUT2D eigenvalue weighted by Crippen LogP contribution is -2.37. The van der Waals surface area contributed by atoms with Crippen molar-refractivity contribution in [1.29, 1.82) is 0 Å². The number of hydrogen-bond acceptors (Lipinski definition) is 6. The number of Topliss-reactive ketones (excluding diaryl/α,β-unsaturated/α-hetero) is 1. The van der Waals surface area contributed by atoms with E-state index in [4.69, 9.17) is 14.2 Å². The second kappa shape index (κ2) is 10.1. The minimum absolute atomic E-state index is 0.0726. The summed E-state index contributed by atoms with van der Waals surface area (Å²) in [6.07, 6.45) is 2.31. The Kier molecular flexibility index (Phi) is 7.30. The van der Waals surface area contributed by atoms with E-state index in [9.17, 15) is 9.59 Å². The normalized spacial score (nSPS) is 16.2. The zero-order chi connectivity index (χ0) is 21.5. The molecule has 2 aromatic rings. The number of carbonyl (C=O) groups is 2. The van der Waals surface area contributed by atoms with Gasteiger partial charge in [-0.15, -0.1) is 0 Å². The molecule has 30 heavy (non-hydrogen) atoms. The summed E-state index contributed by atoms with van der Waals surface area (Å²) in [5, 5.41) is 2.89. The molecule has 0 aliphatic carbocycles. The summed E-state index contributed by atoms with van der Waals surface area (Å²) in [4.78, 5) is 27.3. The van der Waals surface area contributed by atoms with Crippen molar-refractivity contribution in [1.82, 2.24) is 4.90 Å². The van der Waals surface area contributed by atoms with Crippen LogP contribution in [0.3, 0.4) is 0 Å². The summed E-state index contributed by atoms with van der Waals surface area (Å²) in [7, 11) is 4.59. The molecule has 0 saturated carbocycles. The summed E-state index contributed by atoms with van der Waals surface area (Å²) in [5.41, 5.74) is 1.27. The Bertz CT molecular complexity index is 859. The first-order chi connectivity index (χ1) is 14.5. The molecule has 0 spiro atoms. The van der Waals surface area contributed by atoms with Crippen molar-refractivity contribution in [2.24, 2.45) is 0 Å². The number of ketones is 1. The lowest BCUT2D eigenvalue weighted by atomic mass is 10.0. The lowest BCUT2D eigenvalue weighted by Gasteiger charge is -2.23. The smallest absolute Gasteiger partial charge is 0.238 e. The van der Waals surface area contributed by atoms with Gasteiger partial charge in [0.15, 0.2) is 17.3 Å². The maximum absolute atomic E-state index is 12.7. The molecule has 1 aliphatic heterocycles. The largest absolute Gasteiger partial charge is 0.493 e. The molecular formula is C23H28N2O5. The van der Waals surface area contributed by atoms with Crippen LogP contribution in [0.25, 0.3) is 0 Å².